The van der Waals surface area contributed by atoms with Gasteiger partial charge in [-0.25, -0.2) is 4.68 Å². The number of carbonyl (C=O) groups is 1. The van der Waals surface area contributed by atoms with Gasteiger partial charge in [-0.15, -0.1) is 0 Å². The highest BCUT2D eigenvalue weighted by atomic mass is 19.4. The van der Waals surface area contributed by atoms with Crippen molar-refractivity contribution in [2.75, 3.05) is 18.4 Å². The molecule has 1 saturated heterocycles. The van der Waals surface area contributed by atoms with Gasteiger partial charge in [0.2, 0.25) is 0 Å². The third-order valence-corrected chi connectivity index (χ3v) is 7.93. The Labute approximate surface area is 236 Å². The zero-order chi connectivity index (χ0) is 28.4. The quantitative estimate of drug-likeness (QED) is 0.277. The number of hydrogen-bond donors (Lipinski definition) is 1. The molecule has 0 spiro atoms. The van der Waals surface area contributed by atoms with Crippen molar-refractivity contribution in [3.8, 4) is 0 Å². The van der Waals surface area contributed by atoms with Gasteiger partial charge < -0.3 is 15.0 Å². The summed E-state index contributed by atoms with van der Waals surface area (Å²) in [5, 5.41) is 7.22. The summed E-state index contributed by atoms with van der Waals surface area (Å²) in [5.74, 6) is -0.210. The number of ether oxygens (including phenoxy) is 1. The molecule has 1 N–H and O–H groups in total. The van der Waals surface area contributed by atoms with Crippen LogP contribution in [0, 0.1) is 0 Å². The third kappa shape index (κ3) is 5.72. The van der Waals surface area contributed by atoms with Crippen LogP contribution in [0.3, 0.4) is 0 Å². The first-order chi connectivity index (χ1) is 19.9. The number of likely N-dealkylation sites (tertiary alicyclic amines) is 1. The number of rotatable bonds is 6. The molecule has 9 heteroatoms. The van der Waals surface area contributed by atoms with Crippen LogP contribution in [0.4, 0.5) is 19.0 Å². The highest BCUT2D eigenvalue weighted by Gasteiger charge is 2.47. The second-order valence-corrected chi connectivity index (χ2v) is 10.6. The van der Waals surface area contributed by atoms with E-state index in [0.717, 1.165) is 21.4 Å². The van der Waals surface area contributed by atoms with Crippen LogP contribution >= 0.6 is 0 Å². The van der Waals surface area contributed by atoms with Crippen molar-refractivity contribution in [2.24, 2.45) is 0 Å². The minimum Gasteiger partial charge on any atom is -0.365 e. The lowest BCUT2D eigenvalue weighted by Gasteiger charge is -2.36. The first-order valence-corrected chi connectivity index (χ1v) is 13.9. The van der Waals surface area contributed by atoms with E-state index in [4.69, 9.17) is 4.74 Å². The number of anilines is 1. The van der Waals surface area contributed by atoms with Crippen molar-refractivity contribution in [3.63, 3.8) is 0 Å². The summed E-state index contributed by atoms with van der Waals surface area (Å²) in [4.78, 5) is 15.3. The van der Waals surface area contributed by atoms with E-state index in [9.17, 15) is 18.0 Å². The fourth-order valence-corrected chi connectivity index (χ4v) is 5.79. The van der Waals surface area contributed by atoms with Crippen molar-refractivity contribution in [1.29, 1.82) is 0 Å². The highest BCUT2D eigenvalue weighted by molar-refractivity contribution is 5.99. The molecular weight excluding hydrogens is 529 g/mol. The molecule has 3 heterocycles. The van der Waals surface area contributed by atoms with E-state index in [2.05, 4.69) is 10.4 Å². The standard InChI is InChI=1S/C32H31F3N4O2/c33-32(34,35)28-20-27(22-10-4-1-5-11-22)37-30-26(21-36-39(28)30)31(40)38-18-16-25(17-19-38)41-29(23-12-6-2-7-13-23)24-14-8-3-9-15-24/h1-15,21,25,27-29,37H,16-20H2. The normalized spacial score (nSPS) is 19.6. The van der Waals surface area contributed by atoms with Crippen LogP contribution in [0.15, 0.2) is 97.2 Å². The van der Waals surface area contributed by atoms with E-state index in [1.807, 2.05) is 66.7 Å². The molecule has 212 valence electrons. The zero-order valence-corrected chi connectivity index (χ0v) is 22.4. The molecule has 6 rings (SSSR count). The van der Waals surface area contributed by atoms with Crippen molar-refractivity contribution in [2.45, 2.75) is 49.7 Å². The van der Waals surface area contributed by atoms with E-state index in [-0.39, 0.29) is 35.9 Å². The number of nitrogens with one attached hydrogen (secondary N) is 1. The predicted molar refractivity (Wildman–Crippen MR) is 149 cm³/mol. The van der Waals surface area contributed by atoms with Crippen LogP contribution in [-0.2, 0) is 4.74 Å². The maximum absolute atomic E-state index is 14.1. The van der Waals surface area contributed by atoms with Gasteiger partial charge in [0.15, 0.2) is 6.04 Å². The lowest BCUT2D eigenvalue weighted by molar-refractivity contribution is -0.173. The van der Waals surface area contributed by atoms with Crippen LogP contribution in [0.25, 0.3) is 0 Å². The summed E-state index contributed by atoms with van der Waals surface area (Å²) in [5.41, 5.74) is 3.01. The van der Waals surface area contributed by atoms with E-state index < -0.39 is 18.3 Å². The van der Waals surface area contributed by atoms with Gasteiger partial charge in [-0.3, -0.25) is 4.79 Å². The number of alkyl halides is 3. The van der Waals surface area contributed by atoms with E-state index in [1.165, 1.54) is 6.20 Å². The smallest absolute Gasteiger partial charge is 0.365 e. The minimum atomic E-state index is -4.50. The number of amides is 1. The molecule has 1 fully saturated rings. The summed E-state index contributed by atoms with van der Waals surface area (Å²) < 4.78 is 49.7. The van der Waals surface area contributed by atoms with Gasteiger partial charge in [0.1, 0.15) is 17.5 Å². The number of piperidine rings is 1. The average molecular weight is 561 g/mol. The van der Waals surface area contributed by atoms with Gasteiger partial charge in [0.25, 0.3) is 5.91 Å². The lowest BCUT2D eigenvalue weighted by atomic mass is 9.96. The van der Waals surface area contributed by atoms with Crippen LogP contribution in [-0.4, -0.2) is 46.0 Å². The molecule has 0 bridgehead atoms. The number of aromatic nitrogens is 2. The minimum absolute atomic E-state index is 0.0688. The number of carbonyl (C=O) groups excluding carboxylic acids is 1. The average Bonchev–Trinajstić information content (AvgIpc) is 3.44. The molecule has 1 amide bonds. The van der Waals surface area contributed by atoms with Crippen molar-refractivity contribution in [1.82, 2.24) is 14.7 Å². The Bertz CT molecular complexity index is 1410. The maximum Gasteiger partial charge on any atom is 0.410 e. The Morgan fingerprint density at radius 1 is 0.878 bits per heavy atom. The Balaban J connectivity index is 1.17. The fraction of sp³-hybridized carbons (Fsp3) is 0.312. The van der Waals surface area contributed by atoms with E-state index in [1.54, 1.807) is 29.2 Å². The van der Waals surface area contributed by atoms with Crippen LogP contribution < -0.4 is 5.32 Å². The zero-order valence-electron chi connectivity index (χ0n) is 22.4. The maximum atomic E-state index is 14.1. The van der Waals surface area contributed by atoms with Crippen LogP contribution in [0.2, 0.25) is 0 Å². The summed E-state index contributed by atoms with van der Waals surface area (Å²) in [7, 11) is 0. The van der Waals surface area contributed by atoms with Crippen LogP contribution in [0.5, 0.6) is 0 Å². The summed E-state index contributed by atoms with van der Waals surface area (Å²) in [6.07, 6.45) is -2.50. The molecule has 41 heavy (non-hydrogen) atoms. The van der Waals surface area contributed by atoms with E-state index in [0.29, 0.717) is 25.9 Å². The van der Waals surface area contributed by atoms with Gasteiger partial charge in [-0.05, 0) is 29.5 Å². The largest absolute Gasteiger partial charge is 0.410 e. The first-order valence-electron chi connectivity index (χ1n) is 13.9. The first kappa shape index (κ1) is 27.1. The molecule has 0 saturated carbocycles. The second kappa shape index (κ2) is 11.4. The molecule has 2 aliphatic heterocycles. The summed E-state index contributed by atoms with van der Waals surface area (Å²) in [6, 6.07) is 26.7. The Morgan fingerprint density at radius 2 is 1.44 bits per heavy atom. The number of hydrogen-bond acceptors (Lipinski definition) is 4. The molecule has 4 aromatic rings. The highest BCUT2D eigenvalue weighted by Crippen LogP contribution is 2.44. The summed E-state index contributed by atoms with van der Waals surface area (Å²) in [6.45, 7) is 0.879. The monoisotopic (exact) mass is 560 g/mol. The molecule has 1 aromatic heterocycles. The van der Waals surface area contributed by atoms with E-state index >= 15 is 0 Å². The molecule has 2 atom stereocenters. The number of fused-ring (bicyclic) bond motifs is 1. The molecule has 2 aliphatic rings. The predicted octanol–water partition coefficient (Wildman–Crippen LogP) is 6.95. The Hall–Kier alpha value is -4.11. The molecule has 3 aromatic carbocycles. The van der Waals surface area contributed by atoms with Crippen LogP contribution in [0.1, 0.15) is 64.5 Å². The number of halogens is 3. The number of nitrogens with zero attached hydrogens (tertiary/aromatic N) is 3. The van der Waals surface area contributed by atoms with Crippen molar-refractivity contribution < 1.29 is 22.7 Å². The fourth-order valence-electron chi connectivity index (χ4n) is 5.79. The van der Waals surface area contributed by atoms with Gasteiger partial charge in [-0.2, -0.15) is 18.3 Å². The Morgan fingerprint density at radius 3 is 2.00 bits per heavy atom. The van der Waals surface area contributed by atoms with Gasteiger partial charge in [-0.1, -0.05) is 91.0 Å². The van der Waals surface area contributed by atoms with Gasteiger partial charge >= 0.3 is 6.18 Å². The van der Waals surface area contributed by atoms with Crippen molar-refractivity contribution in [3.05, 3.63) is 119 Å². The molecule has 6 nitrogen and oxygen atoms in total. The molecule has 0 radical (unpaired) electrons. The Kier molecular flexibility index (Phi) is 7.53. The lowest BCUT2D eigenvalue weighted by Crippen LogP contribution is -2.42. The van der Waals surface area contributed by atoms with Crippen molar-refractivity contribution >= 4 is 11.7 Å². The second-order valence-electron chi connectivity index (χ2n) is 10.6. The molecule has 0 aliphatic carbocycles. The molecular formula is C32H31F3N4O2. The number of benzene rings is 3. The third-order valence-electron chi connectivity index (χ3n) is 7.93. The molecule has 2 unspecified atom stereocenters. The van der Waals surface area contributed by atoms with Gasteiger partial charge in [0.05, 0.1) is 18.3 Å². The topological polar surface area (TPSA) is 59.4 Å². The SMILES string of the molecule is O=C(c1cnn2c1NC(c1ccccc1)CC2C(F)(F)F)N1CCC(OC(c2ccccc2)c2ccccc2)CC1. The van der Waals surface area contributed by atoms with Gasteiger partial charge in [0, 0.05) is 19.5 Å². The summed E-state index contributed by atoms with van der Waals surface area (Å²) >= 11 is 0.